The van der Waals surface area contributed by atoms with E-state index in [1.54, 1.807) is 7.11 Å². The Morgan fingerprint density at radius 2 is 2.29 bits per heavy atom. The van der Waals surface area contributed by atoms with Crippen LogP contribution >= 0.6 is 0 Å². The van der Waals surface area contributed by atoms with Crippen LogP contribution in [0.4, 0.5) is 10.5 Å². The predicted molar refractivity (Wildman–Crippen MR) is 82.8 cm³/mol. The smallest absolute Gasteiger partial charge is 0.322 e. The number of nitrogens with zero attached hydrogens (tertiary/aromatic N) is 1. The molecule has 0 saturated carbocycles. The van der Waals surface area contributed by atoms with Crippen molar-refractivity contribution in [3.8, 4) is 5.75 Å². The topological polar surface area (TPSA) is 61.8 Å². The van der Waals surface area contributed by atoms with E-state index < -0.39 is 0 Å². The van der Waals surface area contributed by atoms with Crippen LogP contribution in [0.1, 0.15) is 31.2 Å². The largest absolute Gasteiger partial charge is 0.496 e. The molecule has 21 heavy (non-hydrogen) atoms. The predicted octanol–water partition coefficient (Wildman–Crippen LogP) is 2.77. The number of carbonyl (C=O) groups excluding carboxylic acids is 1. The van der Waals surface area contributed by atoms with Gasteiger partial charge in [0.2, 0.25) is 0 Å². The zero-order valence-electron chi connectivity index (χ0n) is 12.8. The third-order valence-corrected chi connectivity index (χ3v) is 4.00. The lowest BCUT2D eigenvalue weighted by molar-refractivity contribution is 0.141. The fraction of sp³-hybridized carbons (Fsp3) is 0.562. The summed E-state index contributed by atoms with van der Waals surface area (Å²) in [6, 6.07) is 5.66. The zero-order chi connectivity index (χ0) is 15.2. The van der Waals surface area contributed by atoms with E-state index in [2.05, 4.69) is 5.32 Å². The molecule has 1 fully saturated rings. The molecule has 1 aliphatic rings. The Labute approximate surface area is 125 Å². The minimum Gasteiger partial charge on any atom is -0.496 e. The Kier molecular flexibility index (Phi) is 5.44. The van der Waals surface area contributed by atoms with Crippen molar-refractivity contribution in [1.82, 2.24) is 4.90 Å². The van der Waals surface area contributed by atoms with Gasteiger partial charge in [-0.3, -0.25) is 0 Å². The summed E-state index contributed by atoms with van der Waals surface area (Å²) in [5, 5.41) is 12.1. The van der Waals surface area contributed by atoms with Crippen LogP contribution in [0.5, 0.6) is 5.75 Å². The van der Waals surface area contributed by atoms with Crippen LogP contribution in [0, 0.1) is 6.92 Å². The highest BCUT2D eigenvalue weighted by Gasteiger charge is 2.26. The van der Waals surface area contributed by atoms with Crippen LogP contribution in [0.15, 0.2) is 18.2 Å². The summed E-state index contributed by atoms with van der Waals surface area (Å²) < 4.78 is 5.22. The van der Waals surface area contributed by atoms with Crippen molar-refractivity contribution < 1.29 is 14.6 Å². The number of ether oxygens (including phenoxy) is 1. The maximum atomic E-state index is 12.4. The Morgan fingerprint density at radius 1 is 1.48 bits per heavy atom. The molecule has 5 nitrogen and oxygen atoms in total. The second kappa shape index (κ2) is 7.31. The molecule has 0 spiro atoms. The highest BCUT2D eigenvalue weighted by molar-refractivity contribution is 5.89. The summed E-state index contributed by atoms with van der Waals surface area (Å²) in [7, 11) is 1.63. The Bertz CT molecular complexity index is 488. The fourth-order valence-corrected chi connectivity index (χ4v) is 2.87. The summed E-state index contributed by atoms with van der Waals surface area (Å²) in [5.74, 6) is 0.809. The molecule has 1 aromatic rings. The van der Waals surface area contributed by atoms with E-state index in [-0.39, 0.29) is 18.7 Å². The number of hydrogen-bond donors (Lipinski definition) is 2. The summed E-state index contributed by atoms with van der Waals surface area (Å²) in [6.07, 6.45) is 3.76. The Hall–Kier alpha value is -1.75. The number of urea groups is 1. The van der Waals surface area contributed by atoms with Gasteiger partial charge < -0.3 is 20.1 Å². The average Bonchev–Trinajstić information content (AvgIpc) is 2.48. The molecule has 116 valence electrons. The van der Waals surface area contributed by atoms with E-state index in [9.17, 15) is 4.79 Å². The van der Waals surface area contributed by atoms with Gasteiger partial charge in [0, 0.05) is 24.9 Å². The van der Waals surface area contributed by atoms with Crippen LogP contribution in [0.3, 0.4) is 0 Å². The molecule has 1 atom stereocenters. The molecule has 0 aliphatic carbocycles. The number of aryl methyl sites for hydroxylation is 1. The second-order valence-electron chi connectivity index (χ2n) is 5.47. The molecule has 0 aromatic heterocycles. The number of nitrogens with one attached hydrogen (secondary N) is 1. The zero-order valence-corrected chi connectivity index (χ0v) is 12.8. The van der Waals surface area contributed by atoms with E-state index in [1.807, 2.05) is 30.0 Å². The Balaban J connectivity index is 2.04. The van der Waals surface area contributed by atoms with Crippen LogP contribution in [0.2, 0.25) is 0 Å². The van der Waals surface area contributed by atoms with E-state index in [4.69, 9.17) is 9.84 Å². The molecular weight excluding hydrogens is 268 g/mol. The van der Waals surface area contributed by atoms with Gasteiger partial charge >= 0.3 is 6.03 Å². The number of aliphatic hydroxyl groups is 1. The first kappa shape index (κ1) is 15.6. The molecule has 1 aromatic carbocycles. The third-order valence-electron chi connectivity index (χ3n) is 4.00. The number of rotatable bonds is 4. The van der Waals surface area contributed by atoms with Crippen molar-refractivity contribution in [3.05, 3.63) is 23.8 Å². The molecule has 0 radical (unpaired) electrons. The molecule has 1 heterocycles. The lowest BCUT2D eigenvalue weighted by Gasteiger charge is -2.35. The van der Waals surface area contributed by atoms with Gasteiger partial charge in [0.05, 0.1) is 7.11 Å². The van der Waals surface area contributed by atoms with Crippen molar-refractivity contribution in [2.45, 2.75) is 38.6 Å². The third kappa shape index (κ3) is 3.88. The van der Waals surface area contributed by atoms with Gasteiger partial charge in [-0.1, -0.05) is 0 Å². The lowest BCUT2D eigenvalue weighted by Crippen LogP contribution is -2.46. The number of benzene rings is 1. The van der Waals surface area contributed by atoms with Gasteiger partial charge in [-0.2, -0.15) is 0 Å². The first-order valence-electron chi connectivity index (χ1n) is 7.49. The molecule has 1 aliphatic heterocycles. The molecule has 2 amide bonds. The number of anilines is 1. The van der Waals surface area contributed by atoms with Crippen molar-refractivity contribution in [3.63, 3.8) is 0 Å². The van der Waals surface area contributed by atoms with Gasteiger partial charge in [0.15, 0.2) is 0 Å². The number of aliphatic hydroxyl groups excluding tert-OH is 1. The summed E-state index contributed by atoms with van der Waals surface area (Å²) >= 11 is 0. The monoisotopic (exact) mass is 292 g/mol. The lowest BCUT2D eigenvalue weighted by atomic mass is 10.0. The molecule has 1 unspecified atom stereocenters. The van der Waals surface area contributed by atoms with Gasteiger partial charge in [-0.25, -0.2) is 4.79 Å². The average molecular weight is 292 g/mol. The minimum absolute atomic E-state index is 0.0854. The van der Waals surface area contributed by atoms with Crippen LogP contribution in [-0.4, -0.2) is 42.3 Å². The number of hydrogen-bond acceptors (Lipinski definition) is 3. The maximum absolute atomic E-state index is 12.4. The number of carbonyl (C=O) groups is 1. The number of piperidine rings is 1. The highest BCUT2D eigenvalue weighted by Crippen LogP contribution is 2.24. The summed E-state index contributed by atoms with van der Waals surface area (Å²) in [5.41, 5.74) is 1.76. The molecule has 2 rings (SSSR count). The minimum atomic E-state index is -0.0854. The SMILES string of the molecule is COc1ccc(NC(=O)N2CCCCC2CCO)cc1C. The second-order valence-corrected chi connectivity index (χ2v) is 5.47. The van der Waals surface area contributed by atoms with Crippen molar-refractivity contribution >= 4 is 11.7 Å². The van der Waals surface area contributed by atoms with Gasteiger partial charge in [0.1, 0.15) is 5.75 Å². The number of amides is 2. The number of methoxy groups -OCH3 is 1. The van der Waals surface area contributed by atoms with Crippen LogP contribution in [0.25, 0.3) is 0 Å². The maximum Gasteiger partial charge on any atom is 0.322 e. The fourth-order valence-electron chi connectivity index (χ4n) is 2.87. The molecule has 0 bridgehead atoms. The van der Waals surface area contributed by atoms with Gasteiger partial charge in [0.25, 0.3) is 0 Å². The molecule has 5 heteroatoms. The van der Waals surface area contributed by atoms with Crippen molar-refractivity contribution in [1.29, 1.82) is 0 Å². The van der Waals surface area contributed by atoms with Crippen molar-refractivity contribution in [2.24, 2.45) is 0 Å². The van der Waals surface area contributed by atoms with Gasteiger partial charge in [-0.15, -0.1) is 0 Å². The van der Waals surface area contributed by atoms with E-state index >= 15 is 0 Å². The van der Waals surface area contributed by atoms with Gasteiger partial charge in [-0.05, 0) is 56.4 Å². The standard InChI is InChI=1S/C16H24N2O3/c1-12-11-13(6-7-15(12)21-2)17-16(20)18-9-4-3-5-14(18)8-10-19/h6-7,11,14,19H,3-5,8-10H2,1-2H3,(H,17,20). The first-order chi connectivity index (χ1) is 10.2. The normalized spacial score (nSPS) is 18.4. The highest BCUT2D eigenvalue weighted by atomic mass is 16.5. The molecule has 1 saturated heterocycles. The van der Waals surface area contributed by atoms with E-state index in [0.29, 0.717) is 6.42 Å². The molecular formula is C16H24N2O3. The van der Waals surface area contributed by atoms with E-state index in [1.165, 1.54) is 0 Å². The number of likely N-dealkylation sites (tertiary alicyclic amines) is 1. The quantitative estimate of drug-likeness (QED) is 0.897. The first-order valence-corrected chi connectivity index (χ1v) is 7.49. The molecule has 2 N–H and O–H groups in total. The summed E-state index contributed by atoms with van der Waals surface area (Å²) in [4.78, 5) is 14.3. The van der Waals surface area contributed by atoms with Crippen molar-refractivity contribution in [2.75, 3.05) is 25.6 Å². The Morgan fingerprint density at radius 3 is 2.95 bits per heavy atom. The van der Waals surface area contributed by atoms with Crippen LogP contribution < -0.4 is 10.1 Å². The van der Waals surface area contributed by atoms with E-state index in [0.717, 1.165) is 42.8 Å². The van der Waals surface area contributed by atoms with Crippen LogP contribution in [-0.2, 0) is 0 Å². The summed E-state index contributed by atoms with van der Waals surface area (Å²) in [6.45, 7) is 2.83.